The van der Waals surface area contributed by atoms with Crippen molar-refractivity contribution in [3.8, 4) is 0 Å². The molecule has 0 unspecified atom stereocenters. The Kier molecular flexibility index (Phi) is 7.14. The van der Waals surface area contributed by atoms with Gasteiger partial charge in [-0.15, -0.1) is 6.58 Å². The largest absolute Gasteiger partial charge is 0.465 e. The number of esters is 1. The molecule has 8 nitrogen and oxygen atoms in total. The second-order valence-corrected chi connectivity index (χ2v) is 9.85. The molecule has 0 amide bonds. The molecule has 0 saturated carbocycles. The van der Waals surface area contributed by atoms with E-state index in [0.717, 1.165) is 39.3 Å². The first-order valence-electron chi connectivity index (χ1n) is 11.8. The highest BCUT2D eigenvalue weighted by molar-refractivity contribution is 6.28. The number of ketones is 3. The highest BCUT2D eigenvalue weighted by Gasteiger charge is 2.35. The van der Waals surface area contributed by atoms with Crippen LogP contribution in [0.15, 0.2) is 47.4 Å². The number of hydrogen-bond donors (Lipinski definition) is 0. The Bertz CT molecular complexity index is 1120. The standard InChI is InChI=1S/C27H30N2O6/c1-4-9-28-10-12-29(13-11-28)16-27(2,3)17-34-23(31)15-21(30)22-14-20-24(32)18-7-5-6-8-19(18)25(33)26(20)35-22/h4-8,14H,1,9-13,15-17H2,2-3H3. The van der Waals surface area contributed by atoms with E-state index < -0.39 is 24.0 Å². The molecule has 0 N–H and O–H groups in total. The molecule has 1 fully saturated rings. The molecule has 1 aliphatic heterocycles. The molecule has 2 heterocycles. The van der Waals surface area contributed by atoms with Gasteiger partial charge in [0.05, 0.1) is 12.2 Å². The van der Waals surface area contributed by atoms with Gasteiger partial charge in [-0.2, -0.15) is 0 Å². The minimum atomic E-state index is -0.672. The van der Waals surface area contributed by atoms with Crippen LogP contribution in [0.4, 0.5) is 0 Å². The van der Waals surface area contributed by atoms with Crippen molar-refractivity contribution in [2.24, 2.45) is 5.41 Å². The molecule has 0 spiro atoms. The number of rotatable bonds is 9. The molecule has 1 aromatic carbocycles. The van der Waals surface area contributed by atoms with Crippen LogP contribution in [-0.4, -0.2) is 79.0 Å². The number of piperazine rings is 1. The van der Waals surface area contributed by atoms with Gasteiger partial charge < -0.3 is 14.1 Å². The van der Waals surface area contributed by atoms with E-state index in [0.29, 0.717) is 0 Å². The van der Waals surface area contributed by atoms with Crippen LogP contribution >= 0.6 is 0 Å². The second-order valence-electron chi connectivity index (χ2n) is 9.85. The first-order chi connectivity index (χ1) is 16.7. The second kappa shape index (κ2) is 10.1. The molecular weight excluding hydrogens is 448 g/mol. The van der Waals surface area contributed by atoms with Crippen LogP contribution in [-0.2, 0) is 9.53 Å². The van der Waals surface area contributed by atoms with Crippen LogP contribution in [0.1, 0.15) is 62.9 Å². The Morgan fingerprint density at radius 1 is 1.03 bits per heavy atom. The van der Waals surface area contributed by atoms with E-state index in [9.17, 15) is 19.2 Å². The van der Waals surface area contributed by atoms with E-state index in [2.05, 4.69) is 16.4 Å². The van der Waals surface area contributed by atoms with Crippen LogP contribution in [0.5, 0.6) is 0 Å². The molecule has 2 aliphatic rings. The zero-order valence-corrected chi connectivity index (χ0v) is 20.2. The fourth-order valence-electron chi connectivity index (χ4n) is 4.52. The van der Waals surface area contributed by atoms with Gasteiger partial charge in [-0.3, -0.25) is 24.1 Å². The van der Waals surface area contributed by atoms with Gasteiger partial charge in [-0.1, -0.05) is 44.2 Å². The molecule has 0 atom stereocenters. The van der Waals surface area contributed by atoms with E-state index in [-0.39, 0.29) is 46.0 Å². The summed E-state index contributed by atoms with van der Waals surface area (Å²) < 4.78 is 10.8. The van der Waals surface area contributed by atoms with Gasteiger partial charge in [0.15, 0.2) is 17.3 Å². The van der Waals surface area contributed by atoms with Crippen molar-refractivity contribution >= 4 is 23.3 Å². The zero-order chi connectivity index (χ0) is 25.2. The number of Topliss-reactive ketones (excluding diaryl/α,β-unsaturated/α-hetero) is 1. The number of carbonyl (C=O) groups is 4. The average Bonchev–Trinajstić information content (AvgIpc) is 3.29. The molecule has 0 radical (unpaired) electrons. The maximum Gasteiger partial charge on any atom is 0.313 e. The van der Waals surface area contributed by atoms with Crippen molar-refractivity contribution < 1.29 is 28.3 Å². The number of furan rings is 1. The number of fused-ring (bicyclic) bond motifs is 2. The summed E-state index contributed by atoms with van der Waals surface area (Å²) >= 11 is 0. The molecule has 1 aromatic heterocycles. The quantitative estimate of drug-likeness (QED) is 0.200. The summed E-state index contributed by atoms with van der Waals surface area (Å²) in [7, 11) is 0. The number of hydrogen-bond acceptors (Lipinski definition) is 8. The van der Waals surface area contributed by atoms with Gasteiger partial charge in [0.25, 0.3) is 0 Å². The van der Waals surface area contributed by atoms with Gasteiger partial charge >= 0.3 is 5.97 Å². The Balaban J connectivity index is 1.31. The van der Waals surface area contributed by atoms with Crippen molar-refractivity contribution in [2.45, 2.75) is 20.3 Å². The molecule has 1 saturated heterocycles. The van der Waals surface area contributed by atoms with Crippen LogP contribution < -0.4 is 0 Å². The van der Waals surface area contributed by atoms with E-state index >= 15 is 0 Å². The van der Waals surface area contributed by atoms with Crippen molar-refractivity contribution in [2.75, 3.05) is 45.9 Å². The highest BCUT2D eigenvalue weighted by atomic mass is 16.5. The molecule has 1 aliphatic carbocycles. The molecule has 184 valence electrons. The van der Waals surface area contributed by atoms with E-state index in [1.165, 1.54) is 6.07 Å². The Labute approximate surface area is 204 Å². The van der Waals surface area contributed by atoms with Crippen molar-refractivity contribution in [3.05, 3.63) is 71.2 Å². The van der Waals surface area contributed by atoms with Gasteiger partial charge in [0.2, 0.25) is 11.6 Å². The molecule has 0 bridgehead atoms. The van der Waals surface area contributed by atoms with Crippen LogP contribution in [0.25, 0.3) is 0 Å². The molecule has 2 aromatic rings. The number of carbonyl (C=O) groups excluding carboxylic acids is 4. The lowest BCUT2D eigenvalue weighted by Crippen LogP contribution is -2.49. The fraction of sp³-hybridized carbons (Fsp3) is 0.407. The summed E-state index contributed by atoms with van der Waals surface area (Å²) in [6, 6.07) is 7.68. The predicted molar refractivity (Wildman–Crippen MR) is 129 cm³/mol. The minimum Gasteiger partial charge on any atom is -0.465 e. The summed E-state index contributed by atoms with van der Waals surface area (Å²) in [6.07, 6.45) is 1.38. The topological polar surface area (TPSA) is 97.1 Å². The van der Waals surface area contributed by atoms with Crippen LogP contribution in [0.2, 0.25) is 0 Å². The lowest BCUT2D eigenvalue weighted by molar-refractivity contribution is -0.146. The summed E-state index contributed by atoms with van der Waals surface area (Å²) in [5.74, 6) is -2.51. The first-order valence-corrected chi connectivity index (χ1v) is 11.8. The molecular formula is C27H30N2O6. The van der Waals surface area contributed by atoms with Gasteiger partial charge in [-0.25, -0.2) is 0 Å². The Morgan fingerprint density at radius 2 is 1.66 bits per heavy atom. The summed E-state index contributed by atoms with van der Waals surface area (Å²) in [4.78, 5) is 55.1. The number of ether oxygens (including phenoxy) is 1. The monoisotopic (exact) mass is 478 g/mol. The molecule has 35 heavy (non-hydrogen) atoms. The summed E-state index contributed by atoms with van der Waals surface area (Å²) in [6.45, 7) is 13.5. The van der Waals surface area contributed by atoms with Crippen molar-refractivity contribution in [1.29, 1.82) is 0 Å². The third-order valence-electron chi connectivity index (χ3n) is 6.31. The van der Waals surface area contributed by atoms with Gasteiger partial charge in [-0.05, 0) is 6.07 Å². The predicted octanol–water partition coefficient (Wildman–Crippen LogP) is 3.00. The zero-order valence-electron chi connectivity index (χ0n) is 20.2. The van der Waals surface area contributed by atoms with Crippen molar-refractivity contribution in [3.63, 3.8) is 0 Å². The highest BCUT2D eigenvalue weighted by Crippen LogP contribution is 2.30. The SMILES string of the molecule is C=CCN1CCN(CC(C)(C)COC(=O)CC(=O)c2cc3c(o2)C(=O)c2ccccc2C3=O)CC1. The van der Waals surface area contributed by atoms with Crippen LogP contribution in [0, 0.1) is 5.41 Å². The van der Waals surface area contributed by atoms with Gasteiger partial charge in [0, 0.05) is 55.8 Å². The van der Waals surface area contributed by atoms with E-state index in [1.54, 1.807) is 24.3 Å². The maximum absolute atomic E-state index is 12.7. The normalized spacial score (nSPS) is 16.5. The lowest BCUT2D eigenvalue weighted by Gasteiger charge is -2.38. The fourth-order valence-corrected chi connectivity index (χ4v) is 4.52. The Hall–Kier alpha value is -3.36. The summed E-state index contributed by atoms with van der Waals surface area (Å²) in [5, 5.41) is 0. The third-order valence-corrected chi connectivity index (χ3v) is 6.31. The molecule has 8 heteroatoms. The van der Waals surface area contributed by atoms with Gasteiger partial charge in [0.1, 0.15) is 6.42 Å². The average molecular weight is 479 g/mol. The first kappa shape index (κ1) is 24.8. The Morgan fingerprint density at radius 3 is 2.31 bits per heavy atom. The summed E-state index contributed by atoms with van der Waals surface area (Å²) in [5.41, 5.74) is 0.267. The van der Waals surface area contributed by atoms with E-state index in [4.69, 9.17) is 9.15 Å². The van der Waals surface area contributed by atoms with Crippen molar-refractivity contribution in [1.82, 2.24) is 9.80 Å². The molecule has 4 rings (SSSR count). The lowest BCUT2D eigenvalue weighted by atomic mass is 9.88. The third kappa shape index (κ3) is 5.49. The number of nitrogens with zero attached hydrogens (tertiary/aromatic N) is 2. The minimum absolute atomic E-state index is 0.0414. The maximum atomic E-state index is 12.7. The van der Waals surface area contributed by atoms with Crippen LogP contribution in [0.3, 0.4) is 0 Å². The number of benzene rings is 1. The smallest absolute Gasteiger partial charge is 0.313 e. The van der Waals surface area contributed by atoms with E-state index in [1.807, 2.05) is 19.9 Å².